The zero-order valence-electron chi connectivity index (χ0n) is 15.1. The smallest absolute Gasteiger partial charge is 0.271 e. The third kappa shape index (κ3) is 2.99. The van der Waals surface area contributed by atoms with E-state index in [9.17, 15) is 9.59 Å². The summed E-state index contributed by atoms with van der Waals surface area (Å²) < 4.78 is 9.40. The fraction of sp³-hybridized carbons (Fsp3) is 0.588. The Morgan fingerprint density at radius 3 is 2.88 bits per heavy atom. The van der Waals surface area contributed by atoms with Gasteiger partial charge in [0.1, 0.15) is 5.82 Å². The van der Waals surface area contributed by atoms with Crippen LogP contribution in [0.2, 0.25) is 0 Å². The minimum absolute atomic E-state index is 0.0748. The summed E-state index contributed by atoms with van der Waals surface area (Å²) in [6.45, 7) is 4.72. The maximum atomic E-state index is 12.9. The van der Waals surface area contributed by atoms with E-state index in [-0.39, 0.29) is 28.4 Å². The highest BCUT2D eigenvalue weighted by molar-refractivity contribution is 8.00. The lowest BCUT2D eigenvalue weighted by Crippen LogP contribution is -2.36. The lowest BCUT2D eigenvalue weighted by Gasteiger charge is -2.36. The second-order valence-corrected chi connectivity index (χ2v) is 8.54. The number of aryl methyl sites for hydroxylation is 1. The van der Waals surface area contributed by atoms with E-state index >= 15 is 0 Å². The first-order chi connectivity index (χ1) is 12.4. The summed E-state index contributed by atoms with van der Waals surface area (Å²) in [5.41, 5.74) is 1.07. The van der Waals surface area contributed by atoms with E-state index in [0.29, 0.717) is 23.7 Å². The first-order valence-corrected chi connectivity index (χ1v) is 9.78. The third-order valence-corrected chi connectivity index (χ3v) is 6.27. The SMILES string of the molecule is Cn1nccc1[C@H]1SCC(=O)Nc2c1c(=O)[nH]n2[C@@H]1CCOC(C)(C)C1. The van der Waals surface area contributed by atoms with E-state index in [2.05, 4.69) is 15.5 Å². The molecule has 2 aliphatic rings. The van der Waals surface area contributed by atoms with Gasteiger partial charge in [0, 0.05) is 19.9 Å². The van der Waals surface area contributed by atoms with E-state index in [1.165, 1.54) is 11.8 Å². The third-order valence-electron chi connectivity index (χ3n) is 5.03. The Morgan fingerprint density at radius 2 is 2.19 bits per heavy atom. The van der Waals surface area contributed by atoms with Crippen molar-refractivity contribution < 1.29 is 9.53 Å². The van der Waals surface area contributed by atoms with Crippen molar-refractivity contribution in [2.24, 2.45) is 7.05 Å². The second-order valence-electron chi connectivity index (χ2n) is 7.45. The molecular formula is C17H23N5O3S. The van der Waals surface area contributed by atoms with Gasteiger partial charge in [-0.2, -0.15) is 5.10 Å². The molecule has 2 aromatic rings. The van der Waals surface area contributed by atoms with E-state index in [1.807, 2.05) is 31.6 Å². The molecule has 8 nitrogen and oxygen atoms in total. The van der Waals surface area contributed by atoms with Crippen LogP contribution < -0.4 is 10.9 Å². The summed E-state index contributed by atoms with van der Waals surface area (Å²) in [6, 6.07) is 1.97. The Morgan fingerprint density at radius 1 is 1.38 bits per heavy atom. The van der Waals surface area contributed by atoms with E-state index in [0.717, 1.165) is 18.5 Å². The van der Waals surface area contributed by atoms with Crippen LogP contribution in [0.5, 0.6) is 0 Å². The number of fused-ring (bicyclic) bond motifs is 1. The van der Waals surface area contributed by atoms with E-state index < -0.39 is 0 Å². The van der Waals surface area contributed by atoms with Gasteiger partial charge in [0.25, 0.3) is 5.56 Å². The summed E-state index contributed by atoms with van der Waals surface area (Å²) in [5, 5.41) is 9.90. The highest BCUT2D eigenvalue weighted by Gasteiger charge is 2.36. The number of aromatic nitrogens is 4. The fourth-order valence-corrected chi connectivity index (χ4v) is 4.99. The van der Waals surface area contributed by atoms with E-state index in [1.54, 1.807) is 10.9 Å². The first-order valence-electron chi connectivity index (χ1n) is 8.73. The van der Waals surface area contributed by atoms with Crippen molar-refractivity contribution in [2.75, 3.05) is 17.7 Å². The number of hydrogen-bond acceptors (Lipinski definition) is 5. The first kappa shape index (κ1) is 17.4. The fourth-order valence-electron chi connectivity index (χ4n) is 3.81. The number of aromatic amines is 1. The molecule has 4 heterocycles. The molecule has 2 aliphatic heterocycles. The molecule has 26 heavy (non-hydrogen) atoms. The molecule has 0 unspecified atom stereocenters. The number of H-pyrrole nitrogens is 1. The minimum atomic E-state index is -0.262. The molecule has 0 aliphatic carbocycles. The van der Waals surface area contributed by atoms with Gasteiger partial charge < -0.3 is 10.1 Å². The van der Waals surface area contributed by atoms with Crippen LogP contribution in [0.1, 0.15) is 49.2 Å². The Labute approximate surface area is 155 Å². The molecule has 2 atom stereocenters. The summed E-state index contributed by atoms with van der Waals surface area (Å²) >= 11 is 1.45. The Kier molecular flexibility index (Phi) is 4.23. The number of amides is 1. The zero-order chi connectivity index (χ0) is 18.5. The number of ether oxygens (including phenoxy) is 1. The maximum absolute atomic E-state index is 12.9. The largest absolute Gasteiger partial charge is 0.375 e. The number of thioether (sulfide) groups is 1. The molecule has 9 heteroatoms. The van der Waals surface area contributed by atoms with Crippen molar-refractivity contribution in [3.63, 3.8) is 0 Å². The van der Waals surface area contributed by atoms with E-state index in [4.69, 9.17) is 4.74 Å². The average molecular weight is 377 g/mol. The van der Waals surface area contributed by atoms with Gasteiger partial charge in [-0.05, 0) is 32.8 Å². The minimum Gasteiger partial charge on any atom is -0.375 e. The highest BCUT2D eigenvalue weighted by atomic mass is 32.2. The normalized spacial score (nSPS) is 25.4. The Balaban J connectivity index is 1.82. The van der Waals surface area contributed by atoms with Crippen molar-refractivity contribution in [3.8, 4) is 0 Å². The van der Waals surface area contributed by atoms with Crippen molar-refractivity contribution in [2.45, 2.75) is 43.6 Å². The maximum Gasteiger partial charge on any atom is 0.271 e. The molecule has 140 valence electrons. The number of carbonyl (C=O) groups excluding carboxylic acids is 1. The molecule has 0 bridgehead atoms. The predicted octanol–water partition coefficient (Wildman–Crippen LogP) is 1.81. The molecule has 0 spiro atoms. The summed E-state index contributed by atoms with van der Waals surface area (Å²) in [6.07, 6.45) is 3.27. The van der Waals surface area contributed by atoms with Crippen LogP contribution in [-0.4, -0.2) is 43.4 Å². The van der Waals surface area contributed by atoms with Gasteiger partial charge in [0.05, 0.1) is 33.9 Å². The summed E-state index contributed by atoms with van der Waals surface area (Å²) in [5.74, 6) is 0.780. The van der Waals surface area contributed by atoms with Crippen molar-refractivity contribution in [1.82, 2.24) is 19.6 Å². The Bertz CT molecular complexity index is 897. The molecular weight excluding hydrogens is 354 g/mol. The van der Waals surface area contributed by atoms with Gasteiger partial charge in [0.15, 0.2) is 0 Å². The molecule has 2 N–H and O–H groups in total. The number of rotatable bonds is 2. The number of hydrogen-bond donors (Lipinski definition) is 2. The summed E-state index contributed by atoms with van der Waals surface area (Å²) in [4.78, 5) is 25.2. The van der Waals surface area contributed by atoms with Crippen molar-refractivity contribution in [1.29, 1.82) is 0 Å². The molecule has 1 amide bonds. The number of anilines is 1. The van der Waals surface area contributed by atoms with Gasteiger partial charge in [-0.1, -0.05) is 0 Å². The highest BCUT2D eigenvalue weighted by Crippen LogP contribution is 2.41. The average Bonchev–Trinajstić information content (AvgIpc) is 3.07. The Hall–Kier alpha value is -2.00. The number of nitrogens with one attached hydrogen (secondary N) is 2. The van der Waals surface area contributed by atoms with Crippen LogP contribution in [0.4, 0.5) is 5.82 Å². The van der Waals surface area contributed by atoms with Crippen molar-refractivity contribution >= 4 is 23.5 Å². The van der Waals surface area contributed by atoms with Gasteiger partial charge in [-0.25, -0.2) is 0 Å². The molecule has 2 aromatic heterocycles. The van der Waals surface area contributed by atoms with Gasteiger partial charge in [-0.15, -0.1) is 11.8 Å². The number of nitrogens with zero attached hydrogens (tertiary/aromatic N) is 3. The van der Waals surface area contributed by atoms with Crippen LogP contribution in [0.25, 0.3) is 0 Å². The standard InChI is InChI=1S/C17H23N5O3S/c1-17(2)8-10(5-7-25-17)22-15-13(16(24)20-22)14(26-9-12(23)19-15)11-4-6-18-21(11)3/h4,6,10,14H,5,7-9H2,1-3H3,(H,19,23)(H,20,24)/t10-,14-/m1/s1. The van der Waals surface area contributed by atoms with Gasteiger partial charge in [-0.3, -0.25) is 24.1 Å². The van der Waals surface area contributed by atoms with Gasteiger partial charge >= 0.3 is 0 Å². The molecule has 4 rings (SSSR count). The molecule has 1 fully saturated rings. The van der Waals surface area contributed by atoms with Crippen LogP contribution in [0.15, 0.2) is 17.1 Å². The second kappa shape index (κ2) is 6.31. The van der Waals surface area contributed by atoms with Crippen LogP contribution in [-0.2, 0) is 16.6 Å². The van der Waals surface area contributed by atoms with Crippen molar-refractivity contribution in [3.05, 3.63) is 33.9 Å². The topological polar surface area (TPSA) is 93.9 Å². The predicted molar refractivity (Wildman–Crippen MR) is 99.5 cm³/mol. The van der Waals surface area contributed by atoms with Crippen LogP contribution in [0.3, 0.4) is 0 Å². The number of carbonyl (C=O) groups is 1. The van der Waals surface area contributed by atoms with Crippen LogP contribution in [0, 0.1) is 0 Å². The lowest BCUT2D eigenvalue weighted by atomic mass is 9.94. The van der Waals surface area contributed by atoms with Gasteiger partial charge in [0.2, 0.25) is 5.91 Å². The summed E-state index contributed by atoms with van der Waals surface area (Å²) in [7, 11) is 1.85. The molecule has 0 aromatic carbocycles. The zero-order valence-corrected chi connectivity index (χ0v) is 15.9. The molecule has 1 saturated heterocycles. The monoisotopic (exact) mass is 377 g/mol. The molecule has 0 radical (unpaired) electrons. The van der Waals surface area contributed by atoms with Crippen LogP contribution >= 0.6 is 11.8 Å². The quantitative estimate of drug-likeness (QED) is 0.833. The molecule has 0 saturated carbocycles. The lowest BCUT2D eigenvalue weighted by molar-refractivity contribution is -0.113.